The lowest BCUT2D eigenvalue weighted by atomic mass is 10.00. The lowest BCUT2D eigenvalue weighted by Crippen LogP contribution is -2.48. The van der Waals surface area contributed by atoms with E-state index in [1.807, 2.05) is 66.4 Å². The van der Waals surface area contributed by atoms with Crippen LogP contribution >= 0.6 is 11.3 Å². The lowest BCUT2D eigenvalue weighted by Gasteiger charge is -2.37. The number of thiophene rings is 1. The fraction of sp³-hybridized carbons (Fsp3) is 0.379. The van der Waals surface area contributed by atoms with Crippen LogP contribution in [0.4, 0.5) is 0 Å². The van der Waals surface area contributed by atoms with Crippen LogP contribution in [-0.4, -0.2) is 47.9 Å². The third kappa shape index (κ3) is 5.76. The molecule has 0 bridgehead atoms. The second-order valence-corrected chi connectivity index (χ2v) is 10.6. The maximum absolute atomic E-state index is 13.7. The Bertz CT molecular complexity index is 1170. The molecule has 35 heavy (non-hydrogen) atoms. The Kier molecular flexibility index (Phi) is 7.19. The highest BCUT2D eigenvalue weighted by atomic mass is 32.1. The standard InChI is InChI=1S/C29H32N2O3S/c1-21-7-5-6-10-26(21)34-20-25-24-14-16-35-27(24)13-15-31(25)29(33)19-30(18-23-11-12-23)28(32)17-22-8-3-2-4-9-22/h2-10,14,16,23,25H,11-13,15,17-20H2,1H3/t25-/m0/s1. The molecule has 1 fully saturated rings. The molecule has 3 aromatic rings. The van der Waals surface area contributed by atoms with Gasteiger partial charge in [-0.05, 0) is 66.3 Å². The van der Waals surface area contributed by atoms with E-state index in [9.17, 15) is 9.59 Å². The average Bonchev–Trinajstić information content (AvgIpc) is 3.55. The molecule has 6 heteroatoms. The molecular formula is C29H32N2O3S. The van der Waals surface area contributed by atoms with Crippen molar-refractivity contribution in [1.29, 1.82) is 0 Å². The molecule has 2 aromatic carbocycles. The van der Waals surface area contributed by atoms with Gasteiger partial charge in [-0.3, -0.25) is 9.59 Å². The topological polar surface area (TPSA) is 49.9 Å². The summed E-state index contributed by atoms with van der Waals surface area (Å²) in [5.74, 6) is 1.39. The second kappa shape index (κ2) is 10.6. The molecule has 1 aromatic heterocycles. The van der Waals surface area contributed by atoms with E-state index in [0.29, 0.717) is 32.0 Å². The number of amides is 2. The Morgan fingerprint density at radius 1 is 1.06 bits per heavy atom. The molecule has 1 atom stereocenters. The first-order chi connectivity index (χ1) is 17.1. The number of hydrogen-bond acceptors (Lipinski definition) is 4. The van der Waals surface area contributed by atoms with Gasteiger partial charge in [-0.15, -0.1) is 11.3 Å². The normalized spacial score (nSPS) is 17.1. The third-order valence-electron chi connectivity index (χ3n) is 6.96. The molecule has 0 N–H and O–H groups in total. The van der Waals surface area contributed by atoms with Crippen LogP contribution in [0.3, 0.4) is 0 Å². The van der Waals surface area contributed by atoms with Gasteiger partial charge in [0.2, 0.25) is 11.8 Å². The Hall–Kier alpha value is -3.12. The van der Waals surface area contributed by atoms with Crippen molar-refractivity contribution in [3.05, 3.63) is 87.6 Å². The molecular weight excluding hydrogens is 456 g/mol. The number of carbonyl (C=O) groups excluding carboxylic acids is 2. The zero-order chi connectivity index (χ0) is 24.2. The molecule has 5 rings (SSSR count). The Morgan fingerprint density at radius 2 is 1.83 bits per heavy atom. The summed E-state index contributed by atoms with van der Waals surface area (Å²) >= 11 is 1.75. The van der Waals surface area contributed by atoms with Crippen molar-refractivity contribution in [3.63, 3.8) is 0 Å². The Balaban J connectivity index is 1.31. The van der Waals surface area contributed by atoms with Crippen LogP contribution in [0.25, 0.3) is 0 Å². The van der Waals surface area contributed by atoms with Gasteiger partial charge in [0.05, 0.1) is 19.0 Å². The largest absolute Gasteiger partial charge is 0.491 e. The van der Waals surface area contributed by atoms with E-state index < -0.39 is 0 Å². The molecule has 0 saturated heterocycles. The van der Waals surface area contributed by atoms with E-state index in [2.05, 4.69) is 11.4 Å². The van der Waals surface area contributed by atoms with Crippen LogP contribution in [0, 0.1) is 12.8 Å². The maximum Gasteiger partial charge on any atom is 0.242 e. The fourth-order valence-corrected chi connectivity index (χ4v) is 5.69. The van der Waals surface area contributed by atoms with Crippen LogP contribution in [0.2, 0.25) is 0 Å². The van der Waals surface area contributed by atoms with E-state index in [1.165, 1.54) is 10.4 Å². The summed E-state index contributed by atoms with van der Waals surface area (Å²) < 4.78 is 6.22. The van der Waals surface area contributed by atoms with Crippen LogP contribution < -0.4 is 4.74 Å². The molecule has 0 spiro atoms. The molecule has 1 aliphatic carbocycles. The summed E-state index contributed by atoms with van der Waals surface area (Å²) in [4.78, 5) is 31.9. The SMILES string of the molecule is Cc1ccccc1OC[C@H]1c2ccsc2CCN1C(=O)CN(CC1CC1)C(=O)Cc1ccccc1. The fourth-order valence-electron chi connectivity index (χ4n) is 4.76. The minimum Gasteiger partial charge on any atom is -0.491 e. The van der Waals surface area contributed by atoms with Gasteiger partial charge in [-0.25, -0.2) is 0 Å². The van der Waals surface area contributed by atoms with Gasteiger partial charge in [0.25, 0.3) is 0 Å². The van der Waals surface area contributed by atoms with Gasteiger partial charge in [0.15, 0.2) is 0 Å². The van der Waals surface area contributed by atoms with E-state index in [1.54, 1.807) is 16.2 Å². The summed E-state index contributed by atoms with van der Waals surface area (Å²) in [6, 6.07) is 19.7. The van der Waals surface area contributed by atoms with Crippen molar-refractivity contribution in [2.45, 2.75) is 38.6 Å². The third-order valence-corrected chi connectivity index (χ3v) is 7.95. The number of benzene rings is 2. The Morgan fingerprint density at radius 3 is 2.60 bits per heavy atom. The molecule has 1 saturated carbocycles. The molecule has 0 radical (unpaired) electrons. The minimum atomic E-state index is -0.149. The van der Waals surface area contributed by atoms with Gasteiger partial charge in [-0.1, -0.05) is 48.5 Å². The quantitative estimate of drug-likeness (QED) is 0.424. The first-order valence-corrected chi connectivity index (χ1v) is 13.3. The number of hydrogen-bond donors (Lipinski definition) is 0. The highest BCUT2D eigenvalue weighted by Gasteiger charge is 2.35. The summed E-state index contributed by atoms with van der Waals surface area (Å²) in [6.45, 7) is 3.88. The van der Waals surface area contributed by atoms with E-state index in [-0.39, 0.29) is 24.4 Å². The zero-order valence-electron chi connectivity index (χ0n) is 20.2. The summed E-state index contributed by atoms with van der Waals surface area (Å²) in [5.41, 5.74) is 3.23. The van der Waals surface area contributed by atoms with E-state index in [4.69, 9.17) is 4.74 Å². The molecule has 5 nitrogen and oxygen atoms in total. The van der Waals surface area contributed by atoms with Gasteiger partial charge < -0.3 is 14.5 Å². The lowest BCUT2D eigenvalue weighted by molar-refractivity contribution is -0.142. The molecule has 2 amide bonds. The molecule has 0 unspecified atom stereocenters. The average molecular weight is 489 g/mol. The van der Waals surface area contributed by atoms with Crippen LogP contribution in [0.1, 0.15) is 40.5 Å². The van der Waals surface area contributed by atoms with Crippen molar-refractivity contribution >= 4 is 23.2 Å². The van der Waals surface area contributed by atoms with Crippen molar-refractivity contribution in [3.8, 4) is 5.75 Å². The van der Waals surface area contributed by atoms with Crippen molar-refractivity contribution in [2.24, 2.45) is 5.92 Å². The highest BCUT2D eigenvalue weighted by molar-refractivity contribution is 7.10. The van der Waals surface area contributed by atoms with Crippen molar-refractivity contribution < 1.29 is 14.3 Å². The van der Waals surface area contributed by atoms with Crippen LogP contribution in [0.5, 0.6) is 5.75 Å². The first-order valence-electron chi connectivity index (χ1n) is 12.4. The highest BCUT2D eigenvalue weighted by Crippen LogP contribution is 2.35. The van der Waals surface area contributed by atoms with E-state index in [0.717, 1.165) is 36.1 Å². The van der Waals surface area contributed by atoms with Crippen LogP contribution in [-0.2, 0) is 22.4 Å². The first kappa shape index (κ1) is 23.6. The summed E-state index contributed by atoms with van der Waals surface area (Å²) in [5, 5.41) is 2.10. The van der Waals surface area contributed by atoms with Gasteiger partial charge in [0, 0.05) is 18.0 Å². The van der Waals surface area contributed by atoms with Crippen molar-refractivity contribution in [2.75, 3.05) is 26.2 Å². The predicted molar refractivity (Wildman–Crippen MR) is 139 cm³/mol. The summed E-state index contributed by atoms with van der Waals surface area (Å²) in [6.07, 6.45) is 3.45. The monoisotopic (exact) mass is 488 g/mol. The number of aryl methyl sites for hydroxylation is 1. The van der Waals surface area contributed by atoms with Crippen molar-refractivity contribution in [1.82, 2.24) is 9.80 Å². The minimum absolute atomic E-state index is 0.00213. The maximum atomic E-state index is 13.7. The molecule has 1 aliphatic heterocycles. The smallest absolute Gasteiger partial charge is 0.242 e. The number of carbonyl (C=O) groups is 2. The molecule has 2 heterocycles. The van der Waals surface area contributed by atoms with Gasteiger partial charge >= 0.3 is 0 Å². The van der Waals surface area contributed by atoms with E-state index >= 15 is 0 Å². The number of ether oxygens (including phenoxy) is 1. The predicted octanol–water partition coefficient (Wildman–Crippen LogP) is 5.04. The number of fused-ring (bicyclic) bond motifs is 1. The van der Waals surface area contributed by atoms with Gasteiger partial charge in [-0.2, -0.15) is 0 Å². The zero-order valence-corrected chi connectivity index (χ0v) is 21.0. The number of rotatable bonds is 9. The molecule has 182 valence electrons. The second-order valence-electron chi connectivity index (χ2n) is 9.61. The molecule has 2 aliphatic rings. The Labute approximate surface area is 211 Å². The van der Waals surface area contributed by atoms with Crippen LogP contribution in [0.15, 0.2) is 66.0 Å². The summed E-state index contributed by atoms with van der Waals surface area (Å²) in [7, 11) is 0. The number of para-hydroxylation sites is 1. The number of nitrogens with zero attached hydrogens (tertiary/aromatic N) is 2. The van der Waals surface area contributed by atoms with Gasteiger partial charge in [0.1, 0.15) is 12.4 Å².